The number of nitrogen functional groups attached to an aromatic ring is 1. The second kappa shape index (κ2) is 6.44. The Kier molecular flexibility index (Phi) is 4.90. The van der Waals surface area contributed by atoms with Gasteiger partial charge in [0.1, 0.15) is 0 Å². The summed E-state index contributed by atoms with van der Waals surface area (Å²) in [5, 5.41) is 0.778. The summed E-state index contributed by atoms with van der Waals surface area (Å²) in [6.45, 7) is 5.60. The third-order valence-electron chi connectivity index (χ3n) is 4.02. The van der Waals surface area contributed by atoms with Crippen molar-refractivity contribution in [3.8, 4) is 0 Å². The molecule has 1 atom stereocenters. The third kappa shape index (κ3) is 3.63. The zero-order chi connectivity index (χ0) is 13.0. The minimum absolute atomic E-state index is 0.778. The minimum atomic E-state index is 0.778. The largest absolute Gasteiger partial charge is 0.398 e. The fourth-order valence-electron chi connectivity index (χ4n) is 2.74. The molecule has 1 saturated heterocycles. The Balaban J connectivity index is 1.98. The van der Waals surface area contributed by atoms with Gasteiger partial charge in [-0.3, -0.25) is 4.90 Å². The van der Waals surface area contributed by atoms with Crippen molar-refractivity contribution in [3.05, 3.63) is 28.8 Å². The smallest absolute Gasteiger partial charge is 0.0410 e. The highest BCUT2D eigenvalue weighted by molar-refractivity contribution is 6.30. The molecule has 0 aromatic heterocycles. The topological polar surface area (TPSA) is 29.3 Å². The average Bonchev–Trinajstić information content (AvgIpc) is 2.59. The summed E-state index contributed by atoms with van der Waals surface area (Å²) in [6.07, 6.45) is 5.31. The van der Waals surface area contributed by atoms with E-state index in [0.717, 1.165) is 28.7 Å². The van der Waals surface area contributed by atoms with Crippen LogP contribution in [0, 0.1) is 5.92 Å². The van der Waals surface area contributed by atoms with Crippen LogP contribution in [-0.4, -0.2) is 18.0 Å². The van der Waals surface area contributed by atoms with Crippen LogP contribution in [0.4, 0.5) is 5.69 Å². The summed E-state index contributed by atoms with van der Waals surface area (Å²) in [7, 11) is 0. The number of rotatable bonds is 3. The lowest BCUT2D eigenvalue weighted by Crippen LogP contribution is -2.24. The summed E-state index contributed by atoms with van der Waals surface area (Å²) in [4.78, 5) is 2.51. The van der Waals surface area contributed by atoms with Crippen molar-refractivity contribution < 1.29 is 0 Å². The second-order valence-electron chi connectivity index (χ2n) is 5.32. The molecule has 1 heterocycles. The molecule has 0 radical (unpaired) electrons. The molecule has 0 aliphatic carbocycles. The molecule has 1 aromatic rings. The van der Waals surface area contributed by atoms with Crippen LogP contribution in [-0.2, 0) is 6.54 Å². The van der Waals surface area contributed by atoms with Crippen molar-refractivity contribution in [2.45, 2.75) is 39.2 Å². The Morgan fingerprint density at radius 2 is 2.17 bits per heavy atom. The maximum absolute atomic E-state index is 6.04. The van der Waals surface area contributed by atoms with E-state index in [-0.39, 0.29) is 0 Å². The van der Waals surface area contributed by atoms with Gasteiger partial charge in [-0.05, 0) is 62.0 Å². The van der Waals surface area contributed by atoms with Crippen LogP contribution in [0.5, 0.6) is 0 Å². The van der Waals surface area contributed by atoms with Gasteiger partial charge < -0.3 is 5.73 Å². The van der Waals surface area contributed by atoms with Gasteiger partial charge in [0.25, 0.3) is 0 Å². The molecule has 0 amide bonds. The number of hydrogen-bond acceptors (Lipinski definition) is 2. The molecule has 1 aromatic carbocycles. The van der Waals surface area contributed by atoms with Crippen LogP contribution in [0.3, 0.4) is 0 Å². The molecule has 100 valence electrons. The van der Waals surface area contributed by atoms with Gasteiger partial charge in [0, 0.05) is 17.3 Å². The van der Waals surface area contributed by atoms with Crippen molar-refractivity contribution in [3.63, 3.8) is 0 Å². The van der Waals surface area contributed by atoms with E-state index in [9.17, 15) is 0 Å². The monoisotopic (exact) mass is 266 g/mol. The summed E-state index contributed by atoms with van der Waals surface area (Å²) >= 11 is 6.04. The molecule has 2 nitrogen and oxygen atoms in total. The maximum Gasteiger partial charge on any atom is 0.0410 e. The highest BCUT2D eigenvalue weighted by atomic mass is 35.5. The number of benzene rings is 1. The molecule has 2 rings (SSSR count). The van der Waals surface area contributed by atoms with Gasteiger partial charge in [0.05, 0.1) is 0 Å². The quantitative estimate of drug-likeness (QED) is 0.840. The van der Waals surface area contributed by atoms with E-state index in [4.69, 9.17) is 17.3 Å². The molecule has 1 unspecified atom stereocenters. The molecule has 1 aliphatic heterocycles. The SMILES string of the molecule is CCC1CCCN(Cc2cc(Cl)ccc2N)CC1. The third-order valence-corrected chi connectivity index (χ3v) is 4.25. The molecule has 3 heteroatoms. The van der Waals surface area contributed by atoms with E-state index < -0.39 is 0 Å². The predicted molar refractivity (Wildman–Crippen MR) is 78.8 cm³/mol. The zero-order valence-electron chi connectivity index (χ0n) is 11.2. The number of anilines is 1. The first kappa shape index (κ1) is 13.7. The molecule has 1 aliphatic rings. The molecule has 18 heavy (non-hydrogen) atoms. The minimum Gasteiger partial charge on any atom is -0.398 e. The van der Waals surface area contributed by atoms with Crippen LogP contribution in [0.15, 0.2) is 18.2 Å². The van der Waals surface area contributed by atoms with E-state index in [1.807, 2.05) is 18.2 Å². The molecular formula is C15H23ClN2. The number of hydrogen-bond donors (Lipinski definition) is 1. The number of nitrogens with two attached hydrogens (primary N) is 1. The first-order valence-electron chi connectivity index (χ1n) is 6.95. The first-order chi connectivity index (χ1) is 8.69. The maximum atomic E-state index is 6.04. The van der Waals surface area contributed by atoms with Crippen molar-refractivity contribution in [2.24, 2.45) is 5.92 Å². The van der Waals surface area contributed by atoms with Gasteiger partial charge in [-0.15, -0.1) is 0 Å². The van der Waals surface area contributed by atoms with Crippen LogP contribution in [0.1, 0.15) is 38.2 Å². The number of halogens is 1. The number of likely N-dealkylation sites (tertiary alicyclic amines) is 1. The van der Waals surface area contributed by atoms with Crippen LogP contribution in [0.25, 0.3) is 0 Å². The van der Waals surface area contributed by atoms with E-state index in [2.05, 4.69) is 11.8 Å². The summed E-state index contributed by atoms with van der Waals surface area (Å²) in [5.74, 6) is 0.909. The number of nitrogens with zero attached hydrogens (tertiary/aromatic N) is 1. The van der Waals surface area contributed by atoms with Crippen molar-refractivity contribution in [1.29, 1.82) is 0 Å². The van der Waals surface area contributed by atoms with Gasteiger partial charge in [-0.25, -0.2) is 0 Å². The lowest BCUT2D eigenvalue weighted by atomic mass is 9.98. The molecule has 1 fully saturated rings. The van der Waals surface area contributed by atoms with Crippen molar-refractivity contribution in [1.82, 2.24) is 4.90 Å². The summed E-state index contributed by atoms with van der Waals surface area (Å²) in [6, 6.07) is 5.76. The molecule has 2 N–H and O–H groups in total. The fraction of sp³-hybridized carbons (Fsp3) is 0.600. The standard InChI is InChI=1S/C15H23ClN2/c1-2-12-4-3-8-18(9-7-12)11-13-10-14(16)5-6-15(13)17/h5-6,10,12H,2-4,7-9,11,17H2,1H3. The van der Waals surface area contributed by atoms with Gasteiger partial charge in [-0.1, -0.05) is 24.9 Å². The summed E-state index contributed by atoms with van der Waals surface area (Å²) in [5.41, 5.74) is 8.04. The van der Waals surface area contributed by atoms with E-state index in [1.54, 1.807) is 0 Å². The molecule has 0 spiro atoms. The molecule has 0 saturated carbocycles. The van der Waals surface area contributed by atoms with Gasteiger partial charge in [0.15, 0.2) is 0 Å². The predicted octanol–water partition coefficient (Wildman–Crippen LogP) is 3.93. The second-order valence-corrected chi connectivity index (χ2v) is 5.76. The Morgan fingerprint density at radius 3 is 2.94 bits per heavy atom. The Labute approximate surface area is 115 Å². The van der Waals surface area contributed by atoms with Gasteiger partial charge in [-0.2, -0.15) is 0 Å². The summed E-state index contributed by atoms with van der Waals surface area (Å²) < 4.78 is 0. The molecule has 0 bridgehead atoms. The Bertz CT molecular complexity index is 392. The average molecular weight is 267 g/mol. The fourth-order valence-corrected chi connectivity index (χ4v) is 2.94. The van der Waals surface area contributed by atoms with E-state index in [0.29, 0.717) is 0 Å². The van der Waals surface area contributed by atoms with Gasteiger partial charge in [0.2, 0.25) is 0 Å². The normalized spacial score (nSPS) is 21.8. The van der Waals surface area contributed by atoms with Crippen LogP contribution >= 0.6 is 11.6 Å². The van der Waals surface area contributed by atoms with Crippen molar-refractivity contribution >= 4 is 17.3 Å². The van der Waals surface area contributed by atoms with Gasteiger partial charge >= 0.3 is 0 Å². The van der Waals surface area contributed by atoms with E-state index in [1.165, 1.54) is 38.8 Å². The lowest BCUT2D eigenvalue weighted by Gasteiger charge is -2.21. The first-order valence-corrected chi connectivity index (χ1v) is 7.33. The van der Waals surface area contributed by atoms with Crippen LogP contribution in [0.2, 0.25) is 5.02 Å². The molecular weight excluding hydrogens is 244 g/mol. The van der Waals surface area contributed by atoms with Crippen LogP contribution < -0.4 is 5.73 Å². The highest BCUT2D eigenvalue weighted by Gasteiger charge is 2.16. The zero-order valence-corrected chi connectivity index (χ0v) is 11.9. The Morgan fingerprint density at radius 1 is 1.33 bits per heavy atom. The highest BCUT2D eigenvalue weighted by Crippen LogP contribution is 2.24. The van der Waals surface area contributed by atoms with Crippen molar-refractivity contribution in [2.75, 3.05) is 18.8 Å². The lowest BCUT2D eigenvalue weighted by molar-refractivity contribution is 0.272. The van der Waals surface area contributed by atoms with E-state index >= 15 is 0 Å². The Hall–Kier alpha value is -0.730.